The molecule has 0 unspecified atom stereocenters. The lowest BCUT2D eigenvalue weighted by Gasteiger charge is -1.98. The summed E-state index contributed by atoms with van der Waals surface area (Å²) in [5, 5.41) is 18.7. The van der Waals surface area contributed by atoms with Gasteiger partial charge in [-0.2, -0.15) is 5.26 Å². The summed E-state index contributed by atoms with van der Waals surface area (Å²) in [4.78, 5) is 0. The van der Waals surface area contributed by atoms with E-state index in [0.717, 1.165) is 16.7 Å². The summed E-state index contributed by atoms with van der Waals surface area (Å²) in [5.41, 5.74) is 0.371. The molecule has 1 N–H and O–H groups in total. The van der Waals surface area contributed by atoms with Crippen LogP contribution in [0.1, 0.15) is 5.56 Å². The van der Waals surface area contributed by atoms with Gasteiger partial charge in [-0.05, 0) is 17.5 Å². The van der Waals surface area contributed by atoms with E-state index in [1.165, 1.54) is 6.07 Å². The summed E-state index contributed by atoms with van der Waals surface area (Å²) >= 11 is 1.10. The van der Waals surface area contributed by atoms with Crippen molar-refractivity contribution in [2.24, 2.45) is 0 Å². The number of rotatable bonds is 1. The van der Waals surface area contributed by atoms with E-state index in [4.69, 9.17) is 5.26 Å². The third-order valence-electron chi connectivity index (χ3n) is 1.98. The third kappa shape index (κ3) is 1.32. The third-order valence-corrected chi connectivity index (χ3v) is 2.99. The number of thiophene rings is 1. The molecule has 2 nitrogen and oxygen atoms in total. The largest absolute Gasteiger partial charge is 0.499 e. The molecule has 0 aliphatic heterocycles. The molecule has 0 aliphatic carbocycles. The Morgan fingerprint density at radius 1 is 1.50 bits per heavy atom. The van der Waals surface area contributed by atoms with E-state index in [2.05, 4.69) is 0 Å². The van der Waals surface area contributed by atoms with Crippen LogP contribution in [0.4, 0.5) is 4.39 Å². The second-order valence-corrected chi connectivity index (χ2v) is 3.89. The van der Waals surface area contributed by atoms with Crippen molar-refractivity contribution in [2.45, 2.75) is 6.42 Å². The first-order valence-electron chi connectivity index (χ1n) is 3.99. The summed E-state index contributed by atoms with van der Waals surface area (Å²) in [7, 11) is 0. The second kappa shape index (κ2) is 3.28. The van der Waals surface area contributed by atoms with E-state index in [1.54, 1.807) is 12.1 Å². The van der Waals surface area contributed by atoms with Crippen LogP contribution in [0.25, 0.3) is 10.1 Å². The SMILES string of the molecule is N#CCc1c(F)ccc2cc(O)sc12. The predicted molar refractivity (Wildman–Crippen MR) is 52.8 cm³/mol. The number of aromatic hydroxyl groups is 1. The summed E-state index contributed by atoms with van der Waals surface area (Å²) in [6.45, 7) is 0. The highest BCUT2D eigenvalue weighted by Gasteiger charge is 2.10. The number of fused-ring (bicyclic) bond motifs is 1. The molecule has 0 bridgehead atoms. The minimum atomic E-state index is -0.388. The lowest BCUT2D eigenvalue weighted by molar-refractivity contribution is 0.491. The first-order valence-corrected chi connectivity index (χ1v) is 4.81. The molecule has 0 radical (unpaired) electrons. The van der Waals surface area contributed by atoms with E-state index in [1.807, 2.05) is 6.07 Å². The number of nitriles is 1. The van der Waals surface area contributed by atoms with Gasteiger partial charge in [0, 0.05) is 10.3 Å². The zero-order valence-electron chi connectivity index (χ0n) is 7.12. The fourth-order valence-corrected chi connectivity index (χ4v) is 2.30. The predicted octanol–water partition coefficient (Wildman–Crippen LogP) is 2.81. The summed E-state index contributed by atoms with van der Waals surface area (Å²) in [6, 6.07) is 6.40. The van der Waals surface area contributed by atoms with E-state index in [-0.39, 0.29) is 17.3 Å². The van der Waals surface area contributed by atoms with Gasteiger partial charge in [-0.1, -0.05) is 17.4 Å². The molecular weight excluding hydrogens is 201 g/mol. The van der Waals surface area contributed by atoms with Crippen molar-refractivity contribution in [1.82, 2.24) is 0 Å². The summed E-state index contributed by atoms with van der Waals surface area (Å²) < 4.78 is 13.9. The molecule has 1 aromatic carbocycles. The minimum Gasteiger partial charge on any atom is -0.499 e. The molecule has 2 rings (SSSR count). The molecule has 70 valence electrons. The van der Waals surface area contributed by atoms with Crippen LogP contribution in [-0.2, 0) is 6.42 Å². The Morgan fingerprint density at radius 2 is 2.29 bits per heavy atom. The van der Waals surface area contributed by atoms with Gasteiger partial charge < -0.3 is 5.11 Å². The average Bonchev–Trinajstić information content (AvgIpc) is 2.51. The van der Waals surface area contributed by atoms with Gasteiger partial charge in [0.2, 0.25) is 0 Å². The molecule has 1 heterocycles. The average molecular weight is 207 g/mol. The van der Waals surface area contributed by atoms with Gasteiger partial charge >= 0.3 is 0 Å². The van der Waals surface area contributed by atoms with Crippen molar-refractivity contribution in [1.29, 1.82) is 5.26 Å². The van der Waals surface area contributed by atoms with Crippen LogP contribution in [0, 0.1) is 17.1 Å². The van der Waals surface area contributed by atoms with Crippen LogP contribution in [0.5, 0.6) is 5.06 Å². The highest BCUT2D eigenvalue weighted by Crippen LogP contribution is 2.34. The van der Waals surface area contributed by atoms with Crippen molar-refractivity contribution in [3.63, 3.8) is 0 Å². The normalized spacial score (nSPS) is 10.3. The number of hydrogen-bond donors (Lipinski definition) is 1. The molecule has 14 heavy (non-hydrogen) atoms. The van der Waals surface area contributed by atoms with Crippen molar-refractivity contribution in [3.05, 3.63) is 29.6 Å². The quantitative estimate of drug-likeness (QED) is 0.781. The van der Waals surface area contributed by atoms with Crippen molar-refractivity contribution < 1.29 is 9.50 Å². The second-order valence-electron chi connectivity index (χ2n) is 2.86. The molecular formula is C10H6FNOS. The van der Waals surface area contributed by atoms with Gasteiger partial charge in [0.1, 0.15) is 5.82 Å². The van der Waals surface area contributed by atoms with Crippen molar-refractivity contribution in [2.75, 3.05) is 0 Å². The Kier molecular flexibility index (Phi) is 2.10. The van der Waals surface area contributed by atoms with Gasteiger partial charge in [-0.25, -0.2) is 4.39 Å². The van der Waals surface area contributed by atoms with Crippen LogP contribution >= 0.6 is 11.3 Å². The highest BCUT2D eigenvalue weighted by molar-refractivity contribution is 7.20. The topological polar surface area (TPSA) is 44.0 Å². The molecule has 0 saturated heterocycles. The molecule has 0 saturated carbocycles. The lowest BCUT2D eigenvalue weighted by atomic mass is 10.1. The summed E-state index contributed by atoms with van der Waals surface area (Å²) in [5.74, 6) is -0.388. The molecule has 0 spiro atoms. The van der Waals surface area contributed by atoms with E-state index in [0.29, 0.717) is 10.3 Å². The Balaban J connectivity index is 2.76. The number of hydrogen-bond acceptors (Lipinski definition) is 3. The molecule has 4 heteroatoms. The maximum atomic E-state index is 13.3. The van der Waals surface area contributed by atoms with Crippen molar-refractivity contribution in [3.8, 4) is 11.1 Å². The zero-order valence-corrected chi connectivity index (χ0v) is 7.94. The first-order chi connectivity index (χ1) is 6.72. The maximum absolute atomic E-state index is 13.3. The molecule has 0 aliphatic rings. The summed E-state index contributed by atoms with van der Waals surface area (Å²) in [6.07, 6.45) is 0.0309. The van der Waals surface area contributed by atoms with E-state index < -0.39 is 0 Å². The molecule has 0 fully saturated rings. The molecule has 0 atom stereocenters. The van der Waals surface area contributed by atoms with E-state index >= 15 is 0 Å². The fourth-order valence-electron chi connectivity index (χ4n) is 1.37. The van der Waals surface area contributed by atoms with E-state index in [9.17, 15) is 9.50 Å². The maximum Gasteiger partial charge on any atom is 0.172 e. The standard InChI is InChI=1S/C10H6FNOS/c11-8-2-1-6-5-9(13)14-10(6)7(8)3-4-12/h1-2,5,13H,3H2. The number of benzene rings is 1. The Morgan fingerprint density at radius 3 is 3.00 bits per heavy atom. The zero-order chi connectivity index (χ0) is 10.1. The van der Waals surface area contributed by atoms with Gasteiger partial charge in [0.25, 0.3) is 0 Å². The fraction of sp³-hybridized carbons (Fsp3) is 0.100. The number of nitrogens with zero attached hydrogens (tertiary/aromatic N) is 1. The Hall–Kier alpha value is -1.60. The molecule has 0 amide bonds. The minimum absolute atomic E-state index is 0.0309. The van der Waals surface area contributed by atoms with Gasteiger partial charge in [0.15, 0.2) is 5.06 Å². The molecule has 1 aromatic heterocycles. The Bertz CT molecular complexity index is 527. The van der Waals surface area contributed by atoms with Crippen molar-refractivity contribution >= 4 is 21.4 Å². The highest BCUT2D eigenvalue weighted by atomic mass is 32.1. The van der Waals surface area contributed by atoms with Gasteiger partial charge in [-0.15, -0.1) is 0 Å². The smallest absolute Gasteiger partial charge is 0.172 e. The number of halogens is 1. The van der Waals surface area contributed by atoms with Gasteiger partial charge in [0.05, 0.1) is 12.5 Å². The molecule has 2 aromatic rings. The first kappa shape index (κ1) is 8.97. The van der Waals surface area contributed by atoms with Crippen LogP contribution in [0.2, 0.25) is 0 Å². The monoisotopic (exact) mass is 207 g/mol. The van der Waals surface area contributed by atoms with Crippen LogP contribution < -0.4 is 0 Å². The Labute approximate surface area is 83.8 Å². The van der Waals surface area contributed by atoms with Crippen LogP contribution in [0.15, 0.2) is 18.2 Å². The van der Waals surface area contributed by atoms with Crippen LogP contribution in [0.3, 0.4) is 0 Å². The lowest BCUT2D eigenvalue weighted by Crippen LogP contribution is -1.87. The van der Waals surface area contributed by atoms with Gasteiger partial charge in [-0.3, -0.25) is 0 Å². The van der Waals surface area contributed by atoms with Crippen LogP contribution in [-0.4, -0.2) is 5.11 Å².